The zero-order valence-corrected chi connectivity index (χ0v) is 17.0. The number of aryl methyl sites for hydroxylation is 2. The molecule has 0 aromatic carbocycles. The summed E-state index contributed by atoms with van der Waals surface area (Å²) in [6.45, 7) is 0. The molecule has 12 nitrogen and oxygen atoms in total. The fraction of sp³-hybridized carbons (Fsp3) is 0.250. The minimum Gasteiger partial charge on any atom is -0.759 e. The van der Waals surface area contributed by atoms with Crippen molar-refractivity contribution in [2.75, 3.05) is 14.2 Å². The van der Waals surface area contributed by atoms with Gasteiger partial charge < -0.3 is 30.0 Å². The van der Waals surface area contributed by atoms with Gasteiger partial charge in [-0.25, -0.2) is 0 Å². The molecule has 0 aliphatic rings. The number of methoxy groups -OCH3 is 2. The maximum atomic E-state index is 10.8. The Balaban J connectivity index is 0.000000442. The number of aromatic nitrogens is 2. The second-order valence-corrected chi connectivity index (χ2v) is 6.08. The van der Waals surface area contributed by atoms with E-state index in [2.05, 4.69) is 0 Å². The van der Waals surface area contributed by atoms with Crippen molar-refractivity contribution in [2.45, 2.75) is 0 Å². The first-order valence-electron chi connectivity index (χ1n) is 7.63. The number of rotatable bonds is 4. The predicted molar refractivity (Wildman–Crippen MR) is 95.9 cm³/mol. The van der Waals surface area contributed by atoms with Crippen LogP contribution in [0.2, 0.25) is 0 Å². The second kappa shape index (κ2) is 11.5. The Morgan fingerprint density at radius 1 is 0.862 bits per heavy atom. The van der Waals surface area contributed by atoms with Crippen LogP contribution in [0.5, 0.6) is 11.5 Å². The smallest absolute Gasteiger partial charge is 0.313 e. The highest BCUT2D eigenvalue weighted by molar-refractivity contribution is 7.79. The highest BCUT2D eigenvalue weighted by Crippen LogP contribution is 2.08. The summed E-state index contributed by atoms with van der Waals surface area (Å²) in [6.07, 6.45) is 3.44. The van der Waals surface area contributed by atoms with Crippen molar-refractivity contribution in [2.24, 2.45) is 25.6 Å². The van der Waals surface area contributed by atoms with E-state index in [1.165, 1.54) is 0 Å². The fourth-order valence-electron chi connectivity index (χ4n) is 1.84. The molecule has 0 radical (unpaired) electrons. The summed E-state index contributed by atoms with van der Waals surface area (Å²) < 4.78 is 47.2. The summed E-state index contributed by atoms with van der Waals surface area (Å²) in [5.41, 5.74) is 11.1. The van der Waals surface area contributed by atoms with Crippen LogP contribution < -0.4 is 30.1 Å². The van der Waals surface area contributed by atoms with E-state index in [9.17, 15) is 9.59 Å². The average Bonchev–Trinajstić information content (AvgIpc) is 2.61. The first-order valence-corrected chi connectivity index (χ1v) is 8.97. The number of primary amides is 2. The van der Waals surface area contributed by atoms with Crippen LogP contribution in [0.1, 0.15) is 21.0 Å². The molecule has 2 aromatic heterocycles. The van der Waals surface area contributed by atoms with E-state index >= 15 is 0 Å². The van der Waals surface area contributed by atoms with E-state index in [1.807, 2.05) is 0 Å². The van der Waals surface area contributed by atoms with Crippen LogP contribution in [-0.2, 0) is 24.5 Å². The largest absolute Gasteiger partial charge is 0.759 e. The Morgan fingerprint density at radius 2 is 1.14 bits per heavy atom. The van der Waals surface area contributed by atoms with Crippen molar-refractivity contribution in [3.05, 3.63) is 48.0 Å². The van der Waals surface area contributed by atoms with Crippen molar-refractivity contribution < 1.29 is 45.7 Å². The molecule has 160 valence electrons. The van der Waals surface area contributed by atoms with Gasteiger partial charge in [-0.2, -0.15) is 9.13 Å². The van der Waals surface area contributed by atoms with Crippen LogP contribution in [0.25, 0.3) is 0 Å². The van der Waals surface area contributed by atoms with E-state index in [-0.39, 0.29) is 0 Å². The molecule has 2 aromatic rings. The first-order chi connectivity index (χ1) is 13.3. The quantitative estimate of drug-likeness (QED) is 0.313. The van der Waals surface area contributed by atoms with Crippen LogP contribution in [0.15, 0.2) is 36.7 Å². The minimum absolute atomic E-state index is 0.425. The molecule has 2 rings (SSSR count). The summed E-state index contributed by atoms with van der Waals surface area (Å²) in [4.78, 5) is 21.7. The molecule has 0 atom stereocenters. The van der Waals surface area contributed by atoms with Gasteiger partial charge in [0, 0.05) is 22.5 Å². The molecule has 0 spiro atoms. The third-order valence-corrected chi connectivity index (χ3v) is 3.22. The third-order valence-electron chi connectivity index (χ3n) is 3.22. The number of hydrogen-bond donors (Lipinski definition) is 2. The lowest BCUT2D eigenvalue weighted by Gasteiger charge is -2.06. The van der Waals surface area contributed by atoms with E-state index in [0.717, 1.165) is 0 Å². The van der Waals surface area contributed by atoms with Crippen LogP contribution in [0, 0.1) is 0 Å². The summed E-state index contributed by atoms with van der Waals surface area (Å²) in [7, 11) is 1.42. The summed E-state index contributed by atoms with van der Waals surface area (Å²) in [6, 6.07) is 6.71. The average molecular weight is 430 g/mol. The molecule has 2 amide bonds. The number of ether oxygens (including phenoxy) is 2. The van der Waals surface area contributed by atoms with Crippen LogP contribution >= 0.6 is 0 Å². The van der Waals surface area contributed by atoms with Crippen molar-refractivity contribution >= 4 is 22.2 Å². The summed E-state index contributed by atoms with van der Waals surface area (Å²) in [5.74, 6) is 0.330. The topological polar surface area (TPSA) is 193 Å². The second-order valence-electron chi connectivity index (χ2n) is 5.26. The lowest BCUT2D eigenvalue weighted by atomic mass is 10.3. The van der Waals surface area contributed by atoms with Gasteiger partial charge in [0.1, 0.15) is 25.6 Å². The Kier molecular flexibility index (Phi) is 10.2. The van der Waals surface area contributed by atoms with Gasteiger partial charge in [-0.05, 0) is 0 Å². The van der Waals surface area contributed by atoms with Crippen molar-refractivity contribution in [1.29, 1.82) is 0 Å². The molecule has 0 fully saturated rings. The van der Waals surface area contributed by atoms with E-state index in [0.29, 0.717) is 22.9 Å². The SMILES string of the molecule is COc1cc[n+](C)c(C(N)=O)c1.COc1cc[n+](C)c(C(N)=O)c1.O=S(=O)([O-])[O-]. The Bertz CT molecular complexity index is 892. The van der Waals surface area contributed by atoms with Crippen molar-refractivity contribution in [3.63, 3.8) is 0 Å². The molecule has 2 heterocycles. The molecule has 0 saturated heterocycles. The van der Waals surface area contributed by atoms with Crippen LogP contribution in [0.3, 0.4) is 0 Å². The third kappa shape index (κ3) is 10.6. The number of carbonyl (C=O) groups excluding carboxylic acids is 2. The standard InChI is InChI=1S/2C8H10N2O2.H2O4S/c2*1-10-4-3-6(12-2)5-7(10)8(9)11;1-5(2,3)4/h2*3-5H,1-2H3,(H-,9,11);(H2,1,2,3,4). The van der Waals surface area contributed by atoms with Crippen LogP contribution in [-0.4, -0.2) is 43.6 Å². The molecule has 29 heavy (non-hydrogen) atoms. The van der Waals surface area contributed by atoms with Crippen molar-refractivity contribution in [1.82, 2.24) is 0 Å². The number of carbonyl (C=O) groups is 2. The summed E-state index contributed by atoms with van der Waals surface area (Å²) in [5, 5.41) is 0. The molecule has 0 aliphatic heterocycles. The normalized spacial score (nSPS) is 9.86. The highest BCUT2D eigenvalue weighted by atomic mass is 32.3. The van der Waals surface area contributed by atoms with Gasteiger partial charge in [0.15, 0.2) is 12.4 Å². The number of nitrogens with zero attached hydrogens (tertiary/aromatic N) is 2. The van der Waals surface area contributed by atoms with Gasteiger partial charge >= 0.3 is 11.8 Å². The first kappa shape index (κ1) is 25.7. The zero-order valence-electron chi connectivity index (χ0n) is 16.2. The van der Waals surface area contributed by atoms with Gasteiger partial charge in [-0.1, -0.05) is 0 Å². The lowest BCUT2D eigenvalue weighted by Crippen LogP contribution is -2.38. The molecule has 0 aliphatic carbocycles. The Labute approximate surface area is 167 Å². The lowest BCUT2D eigenvalue weighted by molar-refractivity contribution is -0.673. The van der Waals surface area contributed by atoms with Gasteiger partial charge in [-0.15, -0.1) is 0 Å². The number of nitrogens with two attached hydrogens (primary N) is 2. The zero-order chi connectivity index (χ0) is 22.8. The van der Waals surface area contributed by atoms with E-state index in [1.54, 1.807) is 74.1 Å². The van der Waals surface area contributed by atoms with E-state index in [4.69, 9.17) is 38.5 Å². The number of pyridine rings is 2. The van der Waals surface area contributed by atoms with E-state index < -0.39 is 22.2 Å². The molecular formula is C16H22N4O8S. The molecule has 0 bridgehead atoms. The number of amides is 2. The molecule has 4 N–H and O–H groups in total. The monoisotopic (exact) mass is 430 g/mol. The van der Waals surface area contributed by atoms with Crippen molar-refractivity contribution in [3.8, 4) is 11.5 Å². The Morgan fingerprint density at radius 3 is 1.34 bits per heavy atom. The van der Waals surface area contributed by atoms with Gasteiger partial charge in [0.2, 0.25) is 0 Å². The summed E-state index contributed by atoms with van der Waals surface area (Å²) >= 11 is 0. The van der Waals surface area contributed by atoms with Crippen LogP contribution in [0.4, 0.5) is 0 Å². The Hall–Kier alpha value is -3.29. The maximum absolute atomic E-state index is 10.8. The fourth-order valence-corrected chi connectivity index (χ4v) is 1.84. The van der Waals surface area contributed by atoms with Gasteiger partial charge in [0.05, 0.1) is 26.4 Å². The van der Waals surface area contributed by atoms with Gasteiger partial charge in [-0.3, -0.25) is 18.0 Å². The molecule has 0 unspecified atom stereocenters. The highest BCUT2D eigenvalue weighted by Gasteiger charge is 2.14. The number of hydrogen-bond acceptors (Lipinski definition) is 8. The van der Waals surface area contributed by atoms with Gasteiger partial charge in [0.25, 0.3) is 11.4 Å². The maximum Gasteiger partial charge on any atom is 0.313 e. The molecule has 13 heteroatoms. The molecule has 0 saturated carbocycles. The minimum atomic E-state index is -5.17. The molecular weight excluding hydrogens is 408 g/mol. The predicted octanol–water partition coefficient (Wildman–Crippen LogP) is -2.10.